The lowest BCUT2D eigenvalue weighted by Crippen LogP contribution is -2.49. The number of halogens is 1. The lowest BCUT2D eigenvalue weighted by Gasteiger charge is -2.36. The smallest absolute Gasteiger partial charge is 0.260 e. The van der Waals surface area contributed by atoms with Gasteiger partial charge in [-0.15, -0.1) is 0 Å². The number of hydrogen-bond acceptors (Lipinski definition) is 5. The van der Waals surface area contributed by atoms with Crippen LogP contribution in [0.1, 0.15) is 12.8 Å². The van der Waals surface area contributed by atoms with Crippen LogP contribution in [0.5, 0.6) is 0 Å². The van der Waals surface area contributed by atoms with Gasteiger partial charge in [-0.1, -0.05) is 11.6 Å². The Balaban J connectivity index is 1.46. The monoisotopic (exact) mass is 348 g/mol. The van der Waals surface area contributed by atoms with Crippen molar-refractivity contribution in [2.24, 2.45) is 0 Å². The molecule has 0 aromatic carbocycles. The first-order valence-electron chi connectivity index (χ1n) is 8.47. The molecule has 2 fully saturated rings. The van der Waals surface area contributed by atoms with Gasteiger partial charge in [-0.3, -0.25) is 14.1 Å². The van der Waals surface area contributed by atoms with E-state index < -0.39 is 0 Å². The maximum atomic E-state index is 12.3. The molecule has 6 nitrogen and oxygen atoms in total. The predicted octanol–water partition coefficient (Wildman–Crippen LogP) is 1.65. The Morgan fingerprint density at radius 2 is 2.08 bits per heavy atom. The molecule has 0 saturated carbocycles. The molecule has 128 valence electrons. The van der Waals surface area contributed by atoms with Crippen LogP contribution in [0.4, 0.5) is 5.82 Å². The summed E-state index contributed by atoms with van der Waals surface area (Å²) in [6, 6.07) is 5.13. The number of rotatable bonds is 3. The van der Waals surface area contributed by atoms with Crippen LogP contribution in [0.25, 0.3) is 5.65 Å². The Hall–Kier alpha value is -1.63. The first-order chi connectivity index (χ1) is 11.7. The summed E-state index contributed by atoms with van der Waals surface area (Å²) in [4.78, 5) is 21.5. The van der Waals surface area contributed by atoms with Crippen molar-refractivity contribution >= 4 is 23.1 Å². The fourth-order valence-corrected chi connectivity index (χ4v) is 3.62. The van der Waals surface area contributed by atoms with E-state index in [2.05, 4.69) is 14.8 Å². The minimum Gasteiger partial charge on any atom is -0.377 e. The van der Waals surface area contributed by atoms with Crippen molar-refractivity contribution in [2.45, 2.75) is 18.9 Å². The number of aromatic nitrogens is 2. The molecule has 0 bridgehead atoms. The van der Waals surface area contributed by atoms with Gasteiger partial charge in [0.25, 0.3) is 5.56 Å². The molecule has 4 rings (SSSR count). The van der Waals surface area contributed by atoms with Crippen molar-refractivity contribution in [2.75, 3.05) is 44.2 Å². The zero-order chi connectivity index (χ0) is 16.5. The first kappa shape index (κ1) is 15.9. The maximum Gasteiger partial charge on any atom is 0.260 e. The molecular weight excluding hydrogens is 328 g/mol. The number of anilines is 1. The molecule has 2 aromatic heterocycles. The summed E-state index contributed by atoms with van der Waals surface area (Å²) < 4.78 is 7.20. The molecule has 0 spiro atoms. The highest BCUT2D eigenvalue weighted by molar-refractivity contribution is 6.30. The zero-order valence-electron chi connectivity index (χ0n) is 13.5. The second-order valence-electron chi connectivity index (χ2n) is 6.45. The molecule has 0 radical (unpaired) electrons. The van der Waals surface area contributed by atoms with Crippen molar-refractivity contribution in [1.29, 1.82) is 0 Å². The Kier molecular flexibility index (Phi) is 4.43. The third-order valence-corrected chi connectivity index (χ3v) is 5.02. The lowest BCUT2D eigenvalue weighted by molar-refractivity contribution is 0.0712. The van der Waals surface area contributed by atoms with Crippen LogP contribution in [0.3, 0.4) is 0 Å². The number of fused-ring (bicyclic) bond motifs is 1. The largest absolute Gasteiger partial charge is 0.377 e. The molecule has 2 aliphatic rings. The van der Waals surface area contributed by atoms with Gasteiger partial charge in [0.1, 0.15) is 11.5 Å². The highest BCUT2D eigenvalue weighted by Crippen LogP contribution is 2.17. The van der Waals surface area contributed by atoms with E-state index in [0.29, 0.717) is 16.8 Å². The molecule has 2 aliphatic heterocycles. The van der Waals surface area contributed by atoms with Crippen molar-refractivity contribution < 1.29 is 4.74 Å². The summed E-state index contributed by atoms with van der Waals surface area (Å²) in [5.74, 6) is 0.749. The molecule has 24 heavy (non-hydrogen) atoms. The highest BCUT2D eigenvalue weighted by atomic mass is 35.5. The van der Waals surface area contributed by atoms with Gasteiger partial charge in [-0.2, -0.15) is 0 Å². The van der Waals surface area contributed by atoms with Crippen LogP contribution in [0.2, 0.25) is 5.02 Å². The van der Waals surface area contributed by atoms with Gasteiger partial charge < -0.3 is 9.64 Å². The summed E-state index contributed by atoms with van der Waals surface area (Å²) in [6.45, 7) is 5.62. The molecule has 0 unspecified atom stereocenters. The summed E-state index contributed by atoms with van der Waals surface area (Å²) in [5.41, 5.74) is 0.531. The van der Waals surface area contributed by atoms with E-state index in [1.54, 1.807) is 24.4 Å². The summed E-state index contributed by atoms with van der Waals surface area (Å²) in [6.07, 6.45) is 4.35. The third kappa shape index (κ3) is 3.27. The summed E-state index contributed by atoms with van der Waals surface area (Å²) in [7, 11) is 0. The van der Waals surface area contributed by atoms with E-state index >= 15 is 0 Å². The maximum absolute atomic E-state index is 12.3. The number of nitrogens with zero attached hydrogens (tertiary/aromatic N) is 4. The number of pyridine rings is 1. The Bertz CT molecular complexity index is 780. The number of ether oxygens (including phenoxy) is 1. The van der Waals surface area contributed by atoms with Crippen LogP contribution in [0, 0.1) is 0 Å². The van der Waals surface area contributed by atoms with E-state index in [1.165, 1.54) is 17.2 Å². The van der Waals surface area contributed by atoms with Gasteiger partial charge in [-0.25, -0.2) is 4.98 Å². The molecule has 7 heteroatoms. The van der Waals surface area contributed by atoms with Crippen LogP contribution >= 0.6 is 11.6 Å². The zero-order valence-corrected chi connectivity index (χ0v) is 14.3. The van der Waals surface area contributed by atoms with E-state index in [9.17, 15) is 4.79 Å². The molecular formula is C17H21ClN4O2. The average Bonchev–Trinajstić information content (AvgIpc) is 3.09. The second kappa shape index (κ2) is 6.70. The van der Waals surface area contributed by atoms with E-state index in [0.717, 1.165) is 45.1 Å². The van der Waals surface area contributed by atoms with Crippen molar-refractivity contribution in [1.82, 2.24) is 14.3 Å². The minimum absolute atomic E-state index is 0.0979. The van der Waals surface area contributed by atoms with Crippen molar-refractivity contribution in [3.05, 3.63) is 39.8 Å². The third-order valence-electron chi connectivity index (χ3n) is 4.79. The van der Waals surface area contributed by atoms with Gasteiger partial charge in [0.2, 0.25) is 0 Å². The van der Waals surface area contributed by atoms with Gasteiger partial charge in [0.15, 0.2) is 0 Å². The van der Waals surface area contributed by atoms with Crippen molar-refractivity contribution in [3.8, 4) is 0 Å². The van der Waals surface area contributed by atoms with Gasteiger partial charge in [0, 0.05) is 51.6 Å². The highest BCUT2D eigenvalue weighted by Gasteiger charge is 2.23. The number of piperazine rings is 1. The predicted molar refractivity (Wildman–Crippen MR) is 94.1 cm³/mol. The molecule has 0 aliphatic carbocycles. The molecule has 0 amide bonds. The van der Waals surface area contributed by atoms with Crippen LogP contribution in [-0.4, -0.2) is 59.7 Å². The van der Waals surface area contributed by atoms with E-state index in [4.69, 9.17) is 16.3 Å². The van der Waals surface area contributed by atoms with Gasteiger partial charge >= 0.3 is 0 Å². The topological polar surface area (TPSA) is 50.1 Å². The Labute approximate surface area is 145 Å². The first-order valence-corrected chi connectivity index (χ1v) is 8.85. The van der Waals surface area contributed by atoms with E-state index in [-0.39, 0.29) is 5.56 Å². The fourth-order valence-electron chi connectivity index (χ4n) is 3.46. The summed E-state index contributed by atoms with van der Waals surface area (Å²) in [5, 5.41) is 0.530. The fraction of sp³-hybridized carbons (Fsp3) is 0.529. The Morgan fingerprint density at radius 1 is 1.25 bits per heavy atom. The second-order valence-corrected chi connectivity index (χ2v) is 6.89. The van der Waals surface area contributed by atoms with E-state index in [1.807, 2.05) is 0 Å². The molecule has 4 heterocycles. The normalized spacial score (nSPS) is 22.4. The molecule has 1 atom stereocenters. The number of hydrogen-bond donors (Lipinski definition) is 0. The summed E-state index contributed by atoms with van der Waals surface area (Å²) >= 11 is 5.95. The van der Waals surface area contributed by atoms with Crippen LogP contribution < -0.4 is 10.5 Å². The van der Waals surface area contributed by atoms with Gasteiger partial charge in [0.05, 0.1) is 11.1 Å². The minimum atomic E-state index is -0.0979. The molecule has 2 aromatic rings. The van der Waals surface area contributed by atoms with Crippen LogP contribution in [-0.2, 0) is 4.74 Å². The lowest BCUT2D eigenvalue weighted by atomic mass is 10.2. The SMILES string of the molecule is O=c1cc(N2CCN(C[C@@H]3CCCO3)CC2)nc2ccc(Cl)cn12. The molecule has 2 saturated heterocycles. The van der Waals surface area contributed by atoms with Gasteiger partial charge in [-0.05, 0) is 25.0 Å². The van der Waals surface area contributed by atoms with Crippen LogP contribution in [0.15, 0.2) is 29.2 Å². The Morgan fingerprint density at radius 3 is 2.83 bits per heavy atom. The standard InChI is InChI=1S/C17H21ClN4O2/c18-13-3-4-15-19-16(10-17(23)22(15)11-13)21-7-5-20(6-8-21)12-14-2-1-9-24-14/h3-4,10-11,14H,1-2,5-9,12H2/t14-/m0/s1. The average molecular weight is 349 g/mol. The van der Waals surface area contributed by atoms with Crippen molar-refractivity contribution in [3.63, 3.8) is 0 Å². The quantitative estimate of drug-likeness (QED) is 0.844. The molecule has 0 N–H and O–H groups in total.